The molecule has 3 nitrogen and oxygen atoms in total. The number of hydrogen-bond acceptors (Lipinski definition) is 2. The van der Waals surface area contributed by atoms with Crippen molar-refractivity contribution < 1.29 is 10.2 Å². The molecule has 1 unspecified atom stereocenters. The van der Waals surface area contributed by atoms with Gasteiger partial charge in [-0.2, -0.15) is 0 Å². The molecule has 1 atom stereocenters. The summed E-state index contributed by atoms with van der Waals surface area (Å²) in [6.45, 7) is 6.68. The van der Waals surface area contributed by atoms with E-state index in [9.17, 15) is 10.2 Å². The molecule has 0 radical (unpaired) electrons. The summed E-state index contributed by atoms with van der Waals surface area (Å²) in [5.74, 6) is 0.334. The lowest BCUT2D eigenvalue weighted by atomic mass is 9.98. The van der Waals surface area contributed by atoms with Gasteiger partial charge in [-0.15, -0.1) is 0 Å². The molecular weight excluding hydrogens is 382 g/mol. The molecular formula is C28H51NO2. The van der Waals surface area contributed by atoms with Gasteiger partial charge in [0.2, 0.25) is 0 Å². The van der Waals surface area contributed by atoms with Crippen molar-refractivity contribution in [1.82, 2.24) is 4.57 Å². The minimum Gasteiger partial charge on any atom is -0.494 e. The molecule has 0 aliphatic heterocycles. The Balaban J connectivity index is 2.37. The lowest BCUT2D eigenvalue weighted by Gasteiger charge is -2.22. The molecule has 0 bridgehead atoms. The van der Waals surface area contributed by atoms with Gasteiger partial charge in [0.25, 0.3) is 0 Å². The van der Waals surface area contributed by atoms with Crippen LogP contribution in [0.5, 0.6) is 11.8 Å². The maximum atomic E-state index is 10.3. The van der Waals surface area contributed by atoms with E-state index in [-0.39, 0.29) is 17.8 Å². The zero-order valence-corrected chi connectivity index (χ0v) is 20.9. The quantitative estimate of drug-likeness (QED) is 0.159. The van der Waals surface area contributed by atoms with Gasteiger partial charge in [0.1, 0.15) is 0 Å². The SMILES string of the molecule is CCCCCCCCCCCCC=C(C)C(CCCCCCCC)n1c(O)ccc1O. The van der Waals surface area contributed by atoms with Crippen LogP contribution in [0.1, 0.15) is 142 Å². The fourth-order valence-corrected chi connectivity index (χ4v) is 4.52. The molecule has 0 amide bonds. The molecule has 0 aliphatic rings. The largest absolute Gasteiger partial charge is 0.494 e. The molecule has 180 valence electrons. The molecule has 0 saturated heterocycles. The first-order chi connectivity index (χ1) is 15.1. The Labute approximate surface area is 193 Å². The van der Waals surface area contributed by atoms with Gasteiger partial charge in [0.15, 0.2) is 11.8 Å². The first kappa shape index (κ1) is 27.7. The Bertz CT molecular complexity index is 556. The summed E-state index contributed by atoms with van der Waals surface area (Å²) in [6.07, 6.45) is 25.6. The Kier molecular flexibility index (Phi) is 16.3. The monoisotopic (exact) mass is 433 g/mol. The number of aromatic nitrogens is 1. The Morgan fingerprint density at radius 2 is 1.13 bits per heavy atom. The lowest BCUT2D eigenvalue weighted by Crippen LogP contribution is -2.10. The standard InChI is InChI=1S/C28H51NO2/c1-4-6-8-10-12-13-14-15-16-17-19-21-25(3)26(22-20-18-11-9-7-5-2)29-27(30)23-24-28(29)31/h21,23-24,26,30-31H,4-20,22H2,1-3H3. The molecule has 0 aliphatic carbocycles. The zero-order chi connectivity index (χ0) is 22.7. The van der Waals surface area contributed by atoms with E-state index in [1.54, 1.807) is 16.7 Å². The summed E-state index contributed by atoms with van der Waals surface area (Å²) in [4.78, 5) is 0. The first-order valence-electron chi connectivity index (χ1n) is 13.4. The molecule has 0 saturated carbocycles. The van der Waals surface area contributed by atoms with Crippen LogP contribution in [0.25, 0.3) is 0 Å². The summed E-state index contributed by atoms with van der Waals surface area (Å²) in [7, 11) is 0. The smallest absolute Gasteiger partial charge is 0.194 e. The highest BCUT2D eigenvalue weighted by Crippen LogP contribution is 2.34. The van der Waals surface area contributed by atoms with Crippen molar-refractivity contribution in [2.45, 2.75) is 142 Å². The maximum Gasteiger partial charge on any atom is 0.194 e. The van der Waals surface area contributed by atoms with Gasteiger partial charge in [0, 0.05) is 12.1 Å². The molecule has 1 heterocycles. The fourth-order valence-electron chi connectivity index (χ4n) is 4.52. The second kappa shape index (κ2) is 18.2. The fraction of sp³-hybridized carbons (Fsp3) is 0.786. The molecule has 31 heavy (non-hydrogen) atoms. The molecule has 1 aromatic rings. The predicted octanol–water partition coefficient (Wildman–Crippen LogP) is 9.45. The van der Waals surface area contributed by atoms with Gasteiger partial charge in [-0.05, 0) is 26.2 Å². The predicted molar refractivity (Wildman–Crippen MR) is 135 cm³/mol. The van der Waals surface area contributed by atoms with Crippen LogP contribution in [0.4, 0.5) is 0 Å². The van der Waals surface area contributed by atoms with Crippen LogP contribution >= 0.6 is 0 Å². The van der Waals surface area contributed by atoms with Gasteiger partial charge < -0.3 is 10.2 Å². The van der Waals surface area contributed by atoms with Gasteiger partial charge in [-0.25, -0.2) is 0 Å². The van der Waals surface area contributed by atoms with Crippen molar-refractivity contribution in [2.75, 3.05) is 0 Å². The summed E-state index contributed by atoms with van der Waals surface area (Å²) in [5.41, 5.74) is 1.27. The summed E-state index contributed by atoms with van der Waals surface area (Å²) >= 11 is 0. The first-order valence-corrected chi connectivity index (χ1v) is 13.4. The average Bonchev–Trinajstić information content (AvgIpc) is 3.09. The number of nitrogens with zero attached hydrogens (tertiary/aromatic N) is 1. The summed E-state index contributed by atoms with van der Waals surface area (Å²) < 4.78 is 1.70. The Morgan fingerprint density at radius 3 is 1.61 bits per heavy atom. The maximum absolute atomic E-state index is 10.3. The van der Waals surface area contributed by atoms with Crippen molar-refractivity contribution in [3.05, 3.63) is 23.8 Å². The summed E-state index contributed by atoms with van der Waals surface area (Å²) in [6, 6.07) is 3.25. The highest BCUT2D eigenvalue weighted by molar-refractivity contribution is 5.28. The highest BCUT2D eigenvalue weighted by atomic mass is 16.3. The third kappa shape index (κ3) is 12.3. The van der Waals surface area contributed by atoms with E-state index >= 15 is 0 Å². The Morgan fingerprint density at radius 1 is 0.710 bits per heavy atom. The number of allylic oxidation sites excluding steroid dienone is 2. The van der Waals surface area contributed by atoms with E-state index in [1.807, 2.05) is 0 Å². The van der Waals surface area contributed by atoms with E-state index in [4.69, 9.17) is 0 Å². The average molecular weight is 434 g/mol. The number of aromatic hydroxyl groups is 2. The van der Waals surface area contributed by atoms with Gasteiger partial charge in [-0.1, -0.05) is 122 Å². The van der Waals surface area contributed by atoms with Crippen LogP contribution in [0.2, 0.25) is 0 Å². The number of rotatable bonds is 20. The van der Waals surface area contributed by atoms with Crippen LogP contribution in [0.3, 0.4) is 0 Å². The van der Waals surface area contributed by atoms with E-state index in [0.29, 0.717) is 0 Å². The second-order valence-corrected chi connectivity index (χ2v) is 9.41. The summed E-state index contributed by atoms with van der Waals surface area (Å²) in [5, 5.41) is 20.5. The second-order valence-electron chi connectivity index (χ2n) is 9.41. The van der Waals surface area contributed by atoms with E-state index in [2.05, 4.69) is 26.8 Å². The minimum absolute atomic E-state index is 0.0595. The van der Waals surface area contributed by atoms with E-state index in [1.165, 1.54) is 102 Å². The van der Waals surface area contributed by atoms with Crippen molar-refractivity contribution in [1.29, 1.82) is 0 Å². The number of hydrogen-bond donors (Lipinski definition) is 2. The normalized spacial score (nSPS) is 13.1. The third-order valence-corrected chi connectivity index (χ3v) is 6.57. The van der Waals surface area contributed by atoms with Gasteiger partial charge in [0.05, 0.1) is 6.04 Å². The lowest BCUT2D eigenvalue weighted by molar-refractivity contribution is 0.336. The van der Waals surface area contributed by atoms with E-state index in [0.717, 1.165) is 19.3 Å². The van der Waals surface area contributed by atoms with Crippen molar-refractivity contribution >= 4 is 0 Å². The molecule has 2 N–H and O–H groups in total. The van der Waals surface area contributed by atoms with Crippen molar-refractivity contribution in [3.8, 4) is 11.8 Å². The molecule has 0 fully saturated rings. The van der Waals surface area contributed by atoms with Crippen LogP contribution < -0.4 is 0 Å². The van der Waals surface area contributed by atoms with Crippen molar-refractivity contribution in [3.63, 3.8) is 0 Å². The minimum atomic E-state index is 0.0595. The zero-order valence-electron chi connectivity index (χ0n) is 20.9. The Hall–Kier alpha value is -1.38. The van der Waals surface area contributed by atoms with Gasteiger partial charge >= 0.3 is 0 Å². The van der Waals surface area contributed by atoms with Crippen LogP contribution in [0, 0.1) is 0 Å². The van der Waals surface area contributed by atoms with Crippen LogP contribution in [-0.4, -0.2) is 14.8 Å². The molecule has 1 rings (SSSR count). The molecule has 3 heteroatoms. The third-order valence-electron chi connectivity index (χ3n) is 6.57. The van der Waals surface area contributed by atoms with E-state index < -0.39 is 0 Å². The molecule has 0 spiro atoms. The van der Waals surface area contributed by atoms with Gasteiger partial charge in [-0.3, -0.25) is 4.57 Å². The molecule has 1 aromatic heterocycles. The van der Waals surface area contributed by atoms with Crippen molar-refractivity contribution in [2.24, 2.45) is 0 Å². The van der Waals surface area contributed by atoms with Crippen LogP contribution in [-0.2, 0) is 0 Å². The molecule has 0 aromatic carbocycles. The number of unbranched alkanes of at least 4 members (excludes halogenated alkanes) is 15. The topological polar surface area (TPSA) is 45.4 Å². The van der Waals surface area contributed by atoms with Crippen LogP contribution in [0.15, 0.2) is 23.8 Å². The highest BCUT2D eigenvalue weighted by Gasteiger charge is 2.19.